The molecule has 0 fully saturated rings. The van der Waals surface area contributed by atoms with E-state index in [9.17, 15) is 18.3 Å². The Balaban J connectivity index is 2.36. The third-order valence-electron chi connectivity index (χ3n) is 3.00. The number of aliphatic hydroxyl groups is 1. The summed E-state index contributed by atoms with van der Waals surface area (Å²) in [5.74, 6) is 0. The standard InChI is InChI=1S/C13H13F3O/c1-8-6-10(13(14,15)16)3-5-12(8)9-2-4-11(17)7-9/h3,5-7,11,17H,2,4H2,1H3. The lowest BCUT2D eigenvalue weighted by molar-refractivity contribution is -0.137. The molecule has 17 heavy (non-hydrogen) atoms. The molecule has 0 spiro atoms. The fourth-order valence-corrected chi connectivity index (χ4v) is 2.13. The van der Waals surface area contributed by atoms with Crippen LogP contribution in [0.4, 0.5) is 13.2 Å². The summed E-state index contributed by atoms with van der Waals surface area (Å²) in [6.07, 6.45) is -1.68. The second kappa shape index (κ2) is 4.18. The number of aryl methyl sites for hydroxylation is 1. The molecule has 1 atom stereocenters. The molecular weight excluding hydrogens is 229 g/mol. The minimum atomic E-state index is -4.30. The molecule has 1 aliphatic carbocycles. The molecule has 1 N–H and O–H groups in total. The van der Waals surface area contributed by atoms with Gasteiger partial charge in [-0.15, -0.1) is 0 Å². The maximum Gasteiger partial charge on any atom is 0.416 e. The van der Waals surface area contributed by atoms with Crippen molar-refractivity contribution in [3.8, 4) is 0 Å². The topological polar surface area (TPSA) is 20.2 Å². The fourth-order valence-electron chi connectivity index (χ4n) is 2.13. The maximum absolute atomic E-state index is 12.5. The molecule has 1 nitrogen and oxygen atoms in total. The normalized spacial score (nSPS) is 20.5. The molecule has 4 heteroatoms. The maximum atomic E-state index is 12.5. The van der Waals surface area contributed by atoms with Gasteiger partial charge in [0.25, 0.3) is 0 Å². The Morgan fingerprint density at radius 1 is 1.29 bits per heavy atom. The molecule has 0 aliphatic heterocycles. The average Bonchev–Trinajstić information content (AvgIpc) is 2.63. The number of hydrogen-bond donors (Lipinski definition) is 1. The third kappa shape index (κ3) is 2.52. The van der Waals surface area contributed by atoms with Crippen LogP contribution in [0.15, 0.2) is 24.3 Å². The first kappa shape index (κ1) is 12.2. The van der Waals surface area contributed by atoms with E-state index in [2.05, 4.69) is 0 Å². The van der Waals surface area contributed by atoms with E-state index in [0.717, 1.165) is 23.3 Å². The summed E-state index contributed by atoms with van der Waals surface area (Å²) >= 11 is 0. The van der Waals surface area contributed by atoms with Gasteiger partial charge in [-0.25, -0.2) is 0 Å². The Morgan fingerprint density at radius 2 is 2.00 bits per heavy atom. The van der Waals surface area contributed by atoms with E-state index >= 15 is 0 Å². The van der Waals surface area contributed by atoms with E-state index in [1.807, 2.05) is 0 Å². The van der Waals surface area contributed by atoms with Gasteiger partial charge in [-0.3, -0.25) is 0 Å². The zero-order chi connectivity index (χ0) is 12.6. The summed E-state index contributed by atoms with van der Waals surface area (Å²) in [6, 6.07) is 3.73. The third-order valence-corrected chi connectivity index (χ3v) is 3.00. The highest BCUT2D eigenvalue weighted by Gasteiger charge is 2.30. The summed E-state index contributed by atoms with van der Waals surface area (Å²) < 4.78 is 37.5. The van der Waals surface area contributed by atoms with Crippen LogP contribution in [0.1, 0.15) is 29.5 Å². The van der Waals surface area contributed by atoms with Crippen molar-refractivity contribution in [1.82, 2.24) is 0 Å². The molecule has 0 aromatic heterocycles. The van der Waals surface area contributed by atoms with Gasteiger partial charge in [-0.1, -0.05) is 12.1 Å². The molecule has 92 valence electrons. The summed E-state index contributed by atoms with van der Waals surface area (Å²) in [7, 11) is 0. The van der Waals surface area contributed by atoms with Crippen molar-refractivity contribution in [2.75, 3.05) is 0 Å². The molecule has 0 saturated heterocycles. The second-order valence-corrected chi connectivity index (χ2v) is 4.33. The summed E-state index contributed by atoms with van der Waals surface area (Å²) in [5, 5.41) is 9.38. The Morgan fingerprint density at radius 3 is 2.47 bits per heavy atom. The minimum absolute atomic E-state index is 0.466. The highest BCUT2D eigenvalue weighted by molar-refractivity contribution is 5.70. The highest BCUT2D eigenvalue weighted by Crippen LogP contribution is 2.34. The van der Waals surface area contributed by atoms with Crippen LogP contribution in [0.2, 0.25) is 0 Å². The van der Waals surface area contributed by atoms with Gasteiger partial charge in [-0.2, -0.15) is 13.2 Å². The zero-order valence-electron chi connectivity index (χ0n) is 9.38. The monoisotopic (exact) mass is 242 g/mol. The van der Waals surface area contributed by atoms with E-state index in [-0.39, 0.29) is 0 Å². The van der Waals surface area contributed by atoms with Crippen molar-refractivity contribution in [3.05, 3.63) is 41.0 Å². The number of hydrogen-bond acceptors (Lipinski definition) is 1. The first-order valence-electron chi connectivity index (χ1n) is 5.45. The molecule has 0 saturated carbocycles. The molecule has 2 rings (SSSR count). The predicted octanol–water partition coefficient (Wildman–Crippen LogP) is 3.55. The van der Waals surface area contributed by atoms with Crippen LogP contribution in [0.3, 0.4) is 0 Å². The summed E-state index contributed by atoms with van der Waals surface area (Å²) in [4.78, 5) is 0. The van der Waals surface area contributed by atoms with Gasteiger partial charge in [-0.05, 0) is 48.6 Å². The van der Waals surface area contributed by atoms with Crippen LogP contribution in [-0.4, -0.2) is 11.2 Å². The van der Waals surface area contributed by atoms with E-state index in [1.165, 1.54) is 6.07 Å². The van der Waals surface area contributed by atoms with Gasteiger partial charge in [0.1, 0.15) is 0 Å². The first-order valence-corrected chi connectivity index (χ1v) is 5.45. The largest absolute Gasteiger partial charge is 0.416 e. The van der Waals surface area contributed by atoms with Crippen molar-refractivity contribution in [1.29, 1.82) is 0 Å². The van der Waals surface area contributed by atoms with Crippen LogP contribution in [0.25, 0.3) is 5.57 Å². The molecular formula is C13H13F3O. The number of benzene rings is 1. The lowest BCUT2D eigenvalue weighted by Crippen LogP contribution is -2.05. The molecule has 0 heterocycles. The highest BCUT2D eigenvalue weighted by atomic mass is 19.4. The SMILES string of the molecule is Cc1cc(C(F)(F)F)ccc1C1=CC(O)CC1. The first-order chi connectivity index (χ1) is 7.88. The molecule has 1 aromatic rings. The fraction of sp³-hybridized carbons (Fsp3) is 0.385. The smallest absolute Gasteiger partial charge is 0.389 e. The number of halogens is 3. The van der Waals surface area contributed by atoms with Crippen molar-refractivity contribution in [2.45, 2.75) is 32.0 Å². The minimum Gasteiger partial charge on any atom is -0.389 e. The Hall–Kier alpha value is -1.29. The van der Waals surface area contributed by atoms with Crippen molar-refractivity contribution in [2.24, 2.45) is 0 Å². The molecule has 0 bridgehead atoms. The molecule has 0 amide bonds. The van der Waals surface area contributed by atoms with E-state index in [1.54, 1.807) is 13.0 Å². The summed E-state index contributed by atoms with van der Waals surface area (Å²) in [6.45, 7) is 1.66. The van der Waals surface area contributed by atoms with Crippen molar-refractivity contribution < 1.29 is 18.3 Å². The number of allylic oxidation sites excluding steroid dienone is 1. The van der Waals surface area contributed by atoms with Crippen LogP contribution < -0.4 is 0 Å². The molecule has 1 aliphatic rings. The van der Waals surface area contributed by atoms with Gasteiger partial charge in [0.15, 0.2) is 0 Å². The van der Waals surface area contributed by atoms with Crippen LogP contribution in [0.5, 0.6) is 0 Å². The van der Waals surface area contributed by atoms with Crippen molar-refractivity contribution >= 4 is 5.57 Å². The average molecular weight is 242 g/mol. The van der Waals surface area contributed by atoms with Crippen LogP contribution in [-0.2, 0) is 6.18 Å². The molecule has 0 radical (unpaired) electrons. The van der Waals surface area contributed by atoms with E-state index in [0.29, 0.717) is 18.4 Å². The number of alkyl halides is 3. The Labute approximate surface area is 97.6 Å². The molecule has 1 aromatic carbocycles. The predicted molar refractivity (Wildman–Crippen MR) is 59.4 cm³/mol. The Bertz CT molecular complexity index is 460. The zero-order valence-corrected chi connectivity index (χ0v) is 9.38. The number of rotatable bonds is 1. The van der Waals surface area contributed by atoms with Gasteiger partial charge in [0.05, 0.1) is 11.7 Å². The van der Waals surface area contributed by atoms with Crippen LogP contribution in [0, 0.1) is 6.92 Å². The van der Waals surface area contributed by atoms with Gasteiger partial charge >= 0.3 is 6.18 Å². The lowest BCUT2D eigenvalue weighted by Gasteiger charge is -2.11. The van der Waals surface area contributed by atoms with Gasteiger partial charge in [0, 0.05) is 0 Å². The molecule has 1 unspecified atom stereocenters. The number of aliphatic hydroxyl groups excluding tert-OH is 1. The van der Waals surface area contributed by atoms with Gasteiger partial charge in [0.2, 0.25) is 0 Å². The van der Waals surface area contributed by atoms with E-state index in [4.69, 9.17) is 0 Å². The van der Waals surface area contributed by atoms with Crippen LogP contribution >= 0.6 is 0 Å². The summed E-state index contributed by atoms with van der Waals surface area (Å²) in [5.41, 5.74) is 1.70. The van der Waals surface area contributed by atoms with Crippen molar-refractivity contribution in [3.63, 3.8) is 0 Å². The quantitative estimate of drug-likeness (QED) is 0.798. The Kier molecular flexibility index (Phi) is 3.00. The second-order valence-electron chi connectivity index (χ2n) is 4.33. The lowest BCUT2D eigenvalue weighted by atomic mass is 9.98. The van der Waals surface area contributed by atoms with E-state index < -0.39 is 17.8 Å². The van der Waals surface area contributed by atoms with Gasteiger partial charge < -0.3 is 5.11 Å².